The fraction of sp³-hybridized carbons (Fsp3) is 0.500. The lowest BCUT2D eigenvalue weighted by Crippen LogP contribution is -2.46. The Balaban J connectivity index is 0.000000463. The lowest BCUT2D eigenvalue weighted by Gasteiger charge is -2.23. The molecule has 1 heterocycles. The fourth-order valence-electron chi connectivity index (χ4n) is 1.84. The van der Waals surface area contributed by atoms with Crippen molar-refractivity contribution in [3.8, 4) is 0 Å². The van der Waals surface area contributed by atoms with Crippen LogP contribution < -0.4 is 5.32 Å². The van der Waals surface area contributed by atoms with Crippen molar-refractivity contribution >= 4 is 16.8 Å². The zero-order valence-electron chi connectivity index (χ0n) is 14.6. The van der Waals surface area contributed by atoms with E-state index in [0.717, 1.165) is 17.3 Å². The lowest BCUT2D eigenvalue weighted by molar-refractivity contribution is 0.0869. The Bertz CT molecular complexity index is 645. The normalized spacial score (nSPS) is 12.5. The second kappa shape index (κ2) is 8.13. The predicted molar refractivity (Wildman–Crippen MR) is 93.5 cm³/mol. The topological polar surface area (TPSA) is 74.5 Å². The highest BCUT2D eigenvalue weighted by molar-refractivity contribution is 5.98. The molecule has 3 N–H and O–H groups in total. The van der Waals surface area contributed by atoms with Crippen molar-refractivity contribution in [2.75, 3.05) is 6.61 Å². The summed E-state index contributed by atoms with van der Waals surface area (Å²) in [6.07, 6.45) is 2.71. The van der Waals surface area contributed by atoms with Crippen LogP contribution in [0.15, 0.2) is 30.5 Å². The van der Waals surface area contributed by atoms with Crippen LogP contribution in [0.1, 0.15) is 44.5 Å². The van der Waals surface area contributed by atoms with E-state index in [1.807, 2.05) is 42.9 Å². The lowest BCUT2D eigenvalue weighted by atomic mass is 10.1. The number of benzene rings is 1. The average molecular weight is 320 g/mol. The minimum atomic E-state index is -0.608. The Morgan fingerprint density at radius 3 is 2.48 bits per heavy atom. The first-order chi connectivity index (χ1) is 10.7. The highest BCUT2D eigenvalue weighted by Gasteiger charge is 2.20. The molecular weight excluding hydrogens is 292 g/mol. The van der Waals surface area contributed by atoms with E-state index in [-0.39, 0.29) is 18.6 Å². The number of carbonyl (C=O) groups excluding carboxylic acids is 1. The number of nitrogens with zero attached hydrogens (tertiary/aromatic N) is 1. The molecule has 0 saturated heterocycles. The van der Waals surface area contributed by atoms with Crippen LogP contribution in [0.2, 0.25) is 0 Å². The molecule has 128 valence electrons. The molecule has 0 aliphatic carbocycles. The number of fused-ring (bicyclic) bond motifs is 1. The molecule has 0 aliphatic heterocycles. The fourth-order valence-corrected chi connectivity index (χ4v) is 1.84. The summed E-state index contributed by atoms with van der Waals surface area (Å²) >= 11 is 0. The van der Waals surface area contributed by atoms with Crippen LogP contribution in [0, 0.1) is 0 Å². The highest BCUT2D eigenvalue weighted by Crippen LogP contribution is 2.17. The Labute approximate surface area is 137 Å². The van der Waals surface area contributed by atoms with Gasteiger partial charge in [0.05, 0.1) is 18.2 Å². The molecule has 2 aromatic rings. The summed E-state index contributed by atoms with van der Waals surface area (Å²) in [5, 5.41) is 21.3. The monoisotopic (exact) mass is 320 g/mol. The van der Waals surface area contributed by atoms with Crippen LogP contribution in [-0.4, -0.2) is 38.9 Å². The molecular formula is C18H28N2O3. The van der Waals surface area contributed by atoms with Crippen molar-refractivity contribution < 1.29 is 15.0 Å². The van der Waals surface area contributed by atoms with E-state index >= 15 is 0 Å². The molecule has 23 heavy (non-hydrogen) atoms. The van der Waals surface area contributed by atoms with Crippen molar-refractivity contribution in [1.82, 2.24) is 9.88 Å². The number of amides is 1. The highest BCUT2D eigenvalue weighted by atomic mass is 16.3. The van der Waals surface area contributed by atoms with Crippen LogP contribution >= 0.6 is 0 Å². The maximum Gasteiger partial charge on any atom is 0.251 e. The summed E-state index contributed by atoms with van der Waals surface area (Å²) in [7, 11) is 1.97. The Morgan fingerprint density at radius 2 is 1.96 bits per heavy atom. The van der Waals surface area contributed by atoms with Gasteiger partial charge in [-0.2, -0.15) is 0 Å². The largest absolute Gasteiger partial charge is 0.394 e. The van der Waals surface area contributed by atoms with Gasteiger partial charge in [-0.1, -0.05) is 6.92 Å². The summed E-state index contributed by atoms with van der Waals surface area (Å²) in [6, 6.07) is 7.56. The van der Waals surface area contributed by atoms with Crippen molar-refractivity contribution in [2.24, 2.45) is 7.05 Å². The van der Waals surface area contributed by atoms with E-state index in [1.165, 1.54) is 0 Å². The maximum absolute atomic E-state index is 12.0. The van der Waals surface area contributed by atoms with E-state index in [2.05, 4.69) is 5.32 Å². The van der Waals surface area contributed by atoms with Gasteiger partial charge in [0.1, 0.15) is 0 Å². The quantitative estimate of drug-likeness (QED) is 0.810. The van der Waals surface area contributed by atoms with Crippen LogP contribution in [-0.2, 0) is 7.05 Å². The van der Waals surface area contributed by atoms with Gasteiger partial charge >= 0.3 is 0 Å². The third-order valence-electron chi connectivity index (χ3n) is 3.59. The standard InChI is InChI=1S/C14H18N2O2.C4H10O/c1-14(2,9-17)15-13(18)11-4-5-12-10(8-11)6-7-16(12)3;1-3-4(2)5/h4-8,17H,9H2,1-3H3,(H,15,18);4-5H,3H2,1-2H3. The zero-order valence-corrected chi connectivity index (χ0v) is 14.6. The Hall–Kier alpha value is -1.85. The number of aliphatic hydroxyl groups excluding tert-OH is 2. The predicted octanol–water partition coefficient (Wildman–Crippen LogP) is 2.46. The molecule has 0 spiro atoms. The van der Waals surface area contributed by atoms with Gasteiger partial charge in [-0.25, -0.2) is 0 Å². The molecule has 5 nitrogen and oxygen atoms in total. The van der Waals surface area contributed by atoms with Crippen LogP contribution in [0.5, 0.6) is 0 Å². The second-order valence-electron chi connectivity index (χ2n) is 6.45. The minimum Gasteiger partial charge on any atom is -0.394 e. The minimum absolute atomic E-state index is 0.0910. The molecule has 0 radical (unpaired) electrons. The van der Waals surface area contributed by atoms with Crippen molar-refractivity contribution in [3.05, 3.63) is 36.0 Å². The molecule has 2 rings (SSSR count). The molecule has 0 bridgehead atoms. The van der Waals surface area contributed by atoms with E-state index in [0.29, 0.717) is 5.56 Å². The van der Waals surface area contributed by atoms with Crippen molar-refractivity contribution in [3.63, 3.8) is 0 Å². The molecule has 1 aromatic carbocycles. The number of carbonyl (C=O) groups is 1. The van der Waals surface area contributed by atoms with E-state index in [1.54, 1.807) is 26.8 Å². The second-order valence-corrected chi connectivity index (χ2v) is 6.45. The molecule has 1 aromatic heterocycles. The zero-order chi connectivity index (χ0) is 17.6. The van der Waals surface area contributed by atoms with Gasteiger partial charge in [0.15, 0.2) is 0 Å². The molecule has 1 amide bonds. The third-order valence-corrected chi connectivity index (χ3v) is 3.59. The average Bonchev–Trinajstić information content (AvgIpc) is 2.88. The number of nitrogens with one attached hydrogen (secondary N) is 1. The van der Waals surface area contributed by atoms with Gasteiger partial charge in [0.25, 0.3) is 5.91 Å². The number of rotatable bonds is 4. The first-order valence-corrected chi connectivity index (χ1v) is 7.86. The summed E-state index contributed by atoms with van der Waals surface area (Å²) < 4.78 is 2.01. The van der Waals surface area contributed by atoms with E-state index in [9.17, 15) is 4.79 Å². The number of aliphatic hydroxyl groups is 2. The van der Waals surface area contributed by atoms with Gasteiger partial charge < -0.3 is 20.1 Å². The molecule has 0 aliphatic rings. The first-order valence-electron chi connectivity index (χ1n) is 7.86. The van der Waals surface area contributed by atoms with Crippen LogP contribution in [0.3, 0.4) is 0 Å². The Morgan fingerprint density at radius 1 is 1.35 bits per heavy atom. The van der Waals surface area contributed by atoms with Gasteiger partial charge in [0.2, 0.25) is 0 Å². The molecule has 1 unspecified atom stereocenters. The molecule has 0 fully saturated rings. The number of hydrogen-bond donors (Lipinski definition) is 3. The van der Waals surface area contributed by atoms with Gasteiger partial charge in [-0.05, 0) is 51.5 Å². The number of hydrogen-bond acceptors (Lipinski definition) is 3. The summed E-state index contributed by atoms with van der Waals surface area (Å²) in [4.78, 5) is 12.0. The van der Waals surface area contributed by atoms with E-state index < -0.39 is 5.54 Å². The number of aromatic nitrogens is 1. The number of aryl methyl sites for hydroxylation is 1. The summed E-state index contributed by atoms with van der Waals surface area (Å²) in [5.74, 6) is -0.167. The summed E-state index contributed by atoms with van der Waals surface area (Å²) in [5.41, 5.74) is 1.09. The molecule has 0 saturated carbocycles. The van der Waals surface area contributed by atoms with Crippen molar-refractivity contribution in [2.45, 2.75) is 45.8 Å². The molecule has 1 atom stereocenters. The van der Waals surface area contributed by atoms with E-state index in [4.69, 9.17) is 10.2 Å². The molecule has 5 heteroatoms. The maximum atomic E-state index is 12.0. The van der Waals surface area contributed by atoms with Gasteiger partial charge in [-0.15, -0.1) is 0 Å². The first kappa shape index (κ1) is 19.2. The Kier molecular flexibility index (Phi) is 6.79. The third kappa shape index (κ3) is 5.69. The van der Waals surface area contributed by atoms with Crippen LogP contribution in [0.4, 0.5) is 0 Å². The van der Waals surface area contributed by atoms with Gasteiger partial charge in [0, 0.05) is 29.7 Å². The van der Waals surface area contributed by atoms with Gasteiger partial charge in [-0.3, -0.25) is 4.79 Å². The van der Waals surface area contributed by atoms with Crippen LogP contribution in [0.25, 0.3) is 10.9 Å². The van der Waals surface area contributed by atoms with Crippen molar-refractivity contribution in [1.29, 1.82) is 0 Å². The smallest absolute Gasteiger partial charge is 0.251 e. The SMILES string of the molecule is CCC(C)O.Cn1ccc2cc(C(=O)NC(C)(C)CO)ccc21. The summed E-state index contributed by atoms with van der Waals surface area (Å²) in [6.45, 7) is 7.20.